The Balaban J connectivity index is 2.03. The number of halogens is 1. The van der Waals surface area contributed by atoms with Crippen LogP contribution in [-0.4, -0.2) is 6.61 Å². The highest BCUT2D eigenvalue weighted by molar-refractivity contribution is 7.07. The fraction of sp³-hybridized carbons (Fsp3) is 0.333. The molecule has 1 heterocycles. The van der Waals surface area contributed by atoms with Crippen LogP contribution in [0.4, 0.5) is 5.69 Å². The molecule has 2 nitrogen and oxygen atoms in total. The Morgan fingerprint density at radius 2 is 2.21 bits per heavy atom. The first-order valence-corrected chi connectivity index (χ1v) is 7.73. The highest BCUT2D eigenvalue weighted by Crippen LogP contribution is 2.29. The predicted molar refractivity (Wildman–Crippen MR) is 83.6 cm³/mol. The lowest BCUT2D eigenvalue weighted by Crippen LogP contribution is -2.05. The number of thiophene rings is 1. The number of rotatable bonds is 6. The van der Waals surface area contributed by atoms with Gasteiger partial charge in [0.1, 0.15) is 5.75 Å². The van der Waals surface area contributed by atoms with Crippen molar-refractivity contribution in [1.29, 1.82) is 0 Å². The summed E-state index contributed by atoms with van der Waals surface area (Å²) in [6.45, 7) is 4.90. The van der Waals surface area contributed by atoms with Gasteiger partial charge in [0.05, 0.1) is 11.6 Å². The van der Waals surface area contributed by atoms with Crippen LogP contribution in [0.5, 0.6) is 5.75 Å². The smallest absolute Gasteiger partial charge is 0.138 e. The number of hydrogen-bond donors (Lipinski definition) is 1. The van der Waals surface area contributed by atoms with E-state index in [2.05, 4.69) is 36.0 Å². The van der Waals surface area contributed by atoms with Crippen molar-refractivity contribution in [2.45, 2.75) is 26.3 Å². The first-order chi connectivity index (χ1) is 9.20. The quantitative estimate of drug-likeness (QED) is 0.774. The van der Waals surface area contributed by atoms with Crippen LogP contribution < -0.4 is 10.1 Å². The van der Waals surface area contributed by atoms with Gasteiger partial charge in [0.25, 0.3) is 0 Å². The van der Waals surface area contributed by atoms with E-state index in [0.717, 1.165) is 17.9 Å². The summed E-state index contributed by atoms with van der Waals surface area (Å²) in [5, 5.41) is 8.32. The zero-order chi connectivity index (χ0) is 13.7. The van der Waals surface area contributed by atoms with E-state index in [-0.39, 0.29) is 6.04 Å². The Bertz CT molecular complexity index is 513. The Hall–Kier alpha value is -1.19. The number of anilines is 1. The number of hydrogen-bond acceptors (Lipinski definition) is 3. The molecule has 102 valence electrons. The van der Waals surface area contributed by atoms with E-state index in [9.17, 15) is 0 Å². The number of nitrogens with one attached hydrogen (secondary N) is 1. The molecule has 0 fully saturated rings. The third kappa shape index (κ3) is 3.88. The van der Waals surface area contributed by atoms with Gasteiger partial charge >= 0.3 is 0 Å². The summed E-state index contributed by atoms with van der Waals surface area (Å²) in [5.41, 5.74) is 2.29. The van der Waals surface area contributed by atoms with E-state index in [4.69, 9.17) is 16.3 Å². The van der Waals surface area contributed by atoms with Crippen molar-refractivity contribution in [2.24, 2.45) is 0 Å². The molecule has 2 rings (SSSR count). The number of ether oxygens (including phenoxy) is 1. The molecule has 1 N–H and O–H groups in total. The van der Waals surface area contributed by atoms with Gasteiger partial charge in [0, 0.05) is 11.7 Å². The SMILES string of the molecule is CCCOc1ccc(NC(C)c2ccsc2)cc1Cl. The minimum Gasteiger partial charge on any atom is -0.492 e. The van der Waals surface area contributed by atoms with Gasteiger partial charge in [-0.25, -0.2) is 0 Å². The molecule has 2 aromatic rings. The van der Waals surface area contributed by atoms with Gasteiger partial charge in [0.2, 0.25) is 0 Å². The van der Waals surface area contributed by atoms with Crippen molar-refractivity contribution in [3.63, 3.8) is 0 Å². The molecule has 4 heteroatoms. The van der Waals surface area contributed by atoms with Crippen LogP contribution in [0.3, 0.4) is 0 Å². The maximum Gasteiger partial charge on any atom is 0.138 e. The molecule has 0 saturated carbocycles. The van der Waals surface area contributed by atoms with Gasteiger partial charge in [-0.1, -0.05) is 18.5 Å². The minimum absolute atomic E-state index is 0.268. The average molecular weight is 296 g/mol. The maximum atomic E-state index is 6.21. The van der Waals surface area contributed by atoms with E-state index in [1.54, 1.807) is 11.3 Å². The molecule has 1 aromatic carbocycles. The third-order valence-electron chi connectivity index (χ3n) is 2.82. The van der Waals surface area contributed by atoms with E-state index in [1.807, 2.05) is 18.2 Å². The summed E-state index contributed by atoms with van der Waals surface area (Å²) in [4.78, 5) is 0. The molecule has 0 saturated heterocycles. The zero-order valence-corrected chi connectivity index (χ0v) is 12.7. The Morgan fingerprint density at radius 3 is 2.84 bits per heavy atom. The number of benzene rings is 1. The average Bonchev–Trinajstić information content (AvgIpc) is 2.92. The molecule has 0 aliphatic rings. The molecular formula is C15H18ClNOS. The molecule has 0 radical (unpaired) electrons. The van der Waals surface area contributed by atoms with Crippen LogP contribution in [0.1, 0.15) is 31.9 Å². The van der Waals surface area contributed by atoms with Crippen LogP contribution in [0, 0.1) is 0 Å². The standard InChI is InChI=1S/C15H18ClNOS/c1-3-7-18-15-5-4-13(9-14(15)16)17-11(2)12-6-8-19-10-12/h4-6,8-11,17H,3,7H2,1-2H3. The molecule has 0 bridgehead atoms. The summed E-state index contributed by atoms with van der Waals surface area (Å²) in [6, 6.07) is 8.23. The van der Waals surface area contributed by atoms with Gasteiger partial charge in [-0.2, -0.15) is 11.3 Å². The second-order valence-electron chi connectivity index (χ2n) is 4.42. The highest BCUT2D eigenvalue weighted by Gasteiger charge is 2.07. The predicted octanol–water partition coefficient (Wildman–Crippen LogP) is 5.36. The van der Waals surface area contributed by atoms with Crippen molar-refractivity contribution in [1.82, 2.24) is 0 Å². The Labute approximate surface area is 123 Å². The summed E-state index contributed by atoms with van der Waals surface area (Å²) >= 11 is 7.92. The van der Waals surface area contributed by atoms with Gasteiger partial charge < -0.3 is 10.1 Å². The van der Waals surface area contributed by atoms with E-state index in [0.29, 0.717) is 11.6 Å². The van der Waals surface area contributed by atoms with Crippen molar-refractivity contribution in [3.8, 4) is 5.75 Å². The molecule has 0 amide bonds. The summed E-state index contributed by atoms with van der Waals surface area (Å²) in [5.74, 6) is 0.747. The van der Waals surface area contributed by atoms with E-state index < -0.39 is 0 Å². The molecule has 19 heavy (non-hydrogen) atoms. The molecule has 1 atom stereocenters. The second-order valence-corrected chi connectivity index (χ2v) is 5.60. The fourth-order valence-corrected chi connectivity index (χ4v) is 2.76. The highest BCUT2D eigenvalue weighted by atomic mass is 35.5. The normalized spacial score (nSPS) is 12.2. The van der Waals surface area contributed by atoms with E-state index >= 15 is 0 Å². The van der Waals surface area contributed by atoms with E-state index in [1.165, 1.54) is 5.56 Å². The van der Waals surface area contributed by atoms with Crippen molar-refractivity contribution in [3.05, 3.63) is 45.6 Å². The molecule has 0 aliphatic heterocycles. The van der Waals surface area contributed by atoms with Crippen LogP contribution in [-0.2, 0) is 0 Å². The molecule has 1 unspecified atom stereocenters. The molecule has 1 aromatic heterocycles. The van der Waals surface area contributed by atoms with Crippen LogP contribution in [0.25, 0.3) is 0 Å². The first kappa shape index (κ1) is 14.2. The lowest BCUT2D eigenvalue weighted by molar-refractivity contribution is 0.317. The second kappa shape index (κ2) is 6.83. The fourth-order valence-electron chi connectivity index (χ4n) is 1.77. The zero-order valence-electron chi connectivity index (χ0n) is 11.2. The largest absolute Gasteiger partial charge is 0.492 e. The molecular weight excluding hydrogens is 278 g/mol. The van der Waals surface area contributed by atoms with Crippen LogP contribution in [0.2, 0.25) is 5.02 Å². The van der Waals surface area contributed by atoms with Crippen molar-refractivity contribution in [2.75, 3.05) is 11.9 Å². The van der Waals surface area contributed by atoms with Crippen molar-refractivity contribution >= 4 is 28.6 Å². The molecule has 0 spiro atoms. The lowest BCUT2D eigenvalue weighted by Gasteiger charge is -2.15. The summed E-state index contributed by atoms with van der Waals surface area (Å²) in [6.07, 6.45) is 0.978. The van der Waals surface area contributed by atoms with Crippen LogP contribution in [0.15, 0.2) is 35.0 Å². The lowest BCUT2D eigenvalue weighted by atomic mass is 10.1. The summed E-state index contributed by atoms with van der Waals surface area (Å²) < 4.78 is 5.56. The van der Waals surface area contributed by atoms with Gasteiger partial charge in [0.15, 0.2) is 0 Å². The topological polar surface area (TPSA) is 21.3 Å². The molecule has 0 aliphatic carbocycles. The van der Waals surface area contributed by atoms with Gasteiger partial charge in [-0.3, -0.25) is 0 Å². The van der Waals surface area contributed by atoms with Crippen molar-refractivity contribution < 1.29 is 4.74 Å². The Kier molecular flexibility index (Phi) is 5.11. The summed E-state index contributed by atoms with van der Waals surface area (Å²) in [7, 11) is 0. The third-order valence-corrected chi connectivity index (χ3v) is 3.82. The Morgan fingerprint density at radius 1 is 1.37 bits per heavy atom. The van der Waals surface area contributed by atoms with Crippen LogP contribution >= 0.6 is 22.9 Å². The maximum absolute atomic E-state index is 6.21. The van der Waals surface area contributed by atoms with Gasteiger partial charge in [-0.05, 0) is 53.9 Å². The first-order valence-electron chi connectivity index (χ1n) is 6.41. The monoisotopic (exact) mass is 295 g/mol. The van der Waals surface area contributed by atoms with Gasteiger partial charge in [-0.15, -0.1) is 0 Å². The minimum atomic E-state index is 0.268.